The summed E-state index contributed by atoms with van der Waals surface area (Å²) in [6.45, 7) is 7.34. The number of halogens is 2. The van der Waals surface area contributed by atoms with E-state index in [0.29, 0.717) is 37.9 Å². The number of thiazole rings is 1. The maximum absolute atomic E-state index is 14.0. The van der Waals surface area contributed by atoms with Crippen molar-refractivity contribution in [3.05, 3.63) is 105 Å². The molecule has 0 unspecified atom stereocenters. The number of benzene rings is 2. The first-order chi connectivity index (χ1) is 19.1. The van der Waals surface area contributed by atoms with Gasteiger partial charge in [0.1, 0.15) is 23.3 Å². The van der Waals surface area contributed by atoms with Crippen LogP contribution in [0.1, 0.15) is 43.7 Å². The van der Waals surface area contributed by atoms with Crippen LogP contribution in [0.5, 0.6) is 5.75 Å². The summed E-state index contributed by atoms with van der Waals surface area (Å²) in [5, 5.41) is 0. The zero-order valence-electron chi connectivity index (χ0n) is 22.5. The van der Waals surface area contributed by atoms with E-state index in [1.807, 2.05) is 49.4 Å². The van der Waals surface area contributed by atoms with Crippen molar-refractivity contribution in [2.75, 3.05) is 7.11 Å². The smallest absolute Gasteiger partial charge is 0.338 e. The monoisotopic (exact) mass is 684 g/mol. The molecule has 5 rings (SSSR count). The largest absolute Gasteiger partial charge is 0.496 e. The van der Waals surface area contributed by atoms with E-state index in [4.69, 9.17) is 13.9 Å². The van der Waals surface area contributed by atoms with Gasteiger partial charge in [-0.2, -0.15) is 0 Å². The zero-order valence-corrected chi connectivity index (χ0v) is 26.4. The molecule has 0 bridgehead atoms. The van der Waals surface area contributed by atoms with Gasteiger partial charge in [-0.1, -0.05) is 49.3 Å². The van der Waals surface area contributed by atoms with Gasteiger partial charge < -0.3 is 13.9 Å². The molecule has 0 aliphatic carbocycles. The van der Waals surface area contributed by atoms with Gasteiger partial charge in [-0.15, -0.1) is 0 Å². The lowest BCUT2D eigenvalue weighted by molar-refractivity contribution is -0.143. The Morgan fingerprint density at radius 1 is 1.12 bits per heavy atom. The second kappa shape index (κ2) is 11.3. The van der Waals surface area contributed by atoms with Crippen molar-refractivity contribution < 1.29 is 18.7 Å². The van der Waals surface area contributed by atoms with Crippen molar-refractivity contribution in [1.82, 2.24) is 4.57 Å². The van der Waals surface area contributed by atoms with Crippen LogP contribution in [0, 0.1) is 6.92 Å². The Bertz CT molecular complexity index is 1850. The van der Waals surface area contributed by atoms with Gasteiger partial charge in [0, 0.05) is 26.1 Å². The lowest BCUT2D eigenvalue weighted by Crippen LogP contribution is -2.40. The molecule has 0 N–H and O–H groups in total. The third-order valence-electron chi connectivity index (χ3n) is 6.36. The fourth-order valence-electron chi connectivity index (χ4n) is 4.60. The SMILES string of the molecule is COc1ccc(Br)cc1[C@@H]1C(C(=O)OC(C)C)=C(C)N=c2s/c(=C\c3ccc(-c4ccc(C)cc4Br)o3)c(=O)n21. The molecule has 7 nitrogen and oxygen atoms in total. The molecule has 0 saturated heterocycles. The van der Waals surface area contributed by atoms with Gasteiger partial charge >= 0.3 is 5.97 Å². The molecule has 40 heavy (non-hydrogen) atoms. The Kier molecular flexibility index (Phi) is 8.03. The number of aromatic nitrogens is 1. The number of hydrogen-bond donors (Lipinski definition) is 0. The third-order valence-corrected chi connectivity index (χ3v) is 8.49. The summed E-state index contributed by atoms with van der Waals surface area (Å²) in [6, 6.07) is 14.4. The molecule has 0 saturated carbocycles. The van der Waals surface area contributed by atoms with Crippen molar-refractivity contribution >= 4 is 55.2 Å². The van der Waals surface area contributed by atoms with Crippen molar-refractivity contribution in [1.29, 1.82) is 0 Å². The first-order valence-corrected chi connectivity index (χ1v) is 14.9. The van der Waals surface area contributed by atoms with E-state index in [9.17, 15) is 9.59 Å². The molecule has 10 heteroatoms. The number of nitrogens with zero attached hydrogens (tertiary/aromatic N) is 2. The van der Waals surface area contributed by atoms with Crippen LogP contribution in [0.3, 0.4) is 0 Å². The van der Waals surface area contributed by atoms with Gasteiger partial charge in [0.05, 0.1) is 29.0 Å². The second-order valence-electron chi connectivity index (χ2n) is 9.61. The number of aryl methyl sites for hydroxylation is 1. The number of hydrogen-bond acceptors (Lipinski definition) is 7. The number of methoxy groups -OCH3 is 1. The van der Waals surface area contributed by atoms with Gasteiger partial charge in [-0.25, -0.2) is 9.79 Å². The molecule has 2 aromatic carbocycles. The molecule has 1 aliphatic heterocycles. The number of esters is 1. The minimum Gasteiger partial charge on any atom is -0.496 e. The predicted molar refractivity (Wildman–Crippen MR) is 162 cm³/mol. The number of furan rings is 1. The molecule has 0 spiro atoms. The molecule has 1 atom stereocenters. The minimum atomic E-state index is -0.798. The van der Waals surface area contributed by atoms with Crippen molar-refractivity contribution in [2.24, 2.45) is 4.99 Å². The number of carbonyl (C=O) groups is 1. The van der Waals surface area contributed by atoms with Gasteiger partial charge in [-0.05, 0) is 75.7 Å². The van der Waals surface area contributed by atoms with Crippen molar-refractivity contribution in [3.8, 4) is 17.1 Å². The molecule has 2 aromatic heterocycles. The molecule has 0 radical (unpaired) electrons. The number of rotatable bonds is 6. The molecule has 1 aliphatic rings. The van der Waals surface area contributed by atoms with Gasteiger partial charge in [0.15, 0.2) is 4.80 Å². The Hall–Kier alpha value is -3.21. The zero-order chi connectivity index (χ0) is 28.7. The van der Waals surface area contributed by atoms with Crippen LogP contribution in [0.25, 0.3) is 17.4 Å². The predicted octanol–water partition coefficient (Wildman–Crippen LogP) is 6.29. The minimum absolute atomic E-state index is 0.286. The van der Waals surface area contributed by atoms with E-state index < -0.39 is 12.0 Å². The Balaban J connectivity index is 1.68. The van der Waals surface area contributed by atoms with E-state index >= 15 is 0 Å². The molecule has 4 aromatic rings. The summed E-state index contributed by atoms with van der Waals surface area (Å²) >= 11 is 8.36. The maximum atomic E-state index is 14.0. The van der Waals surface area contributed by atoms with Crippen molar-refractivity contribution in [2.45, 2.75) is 39.8 Å². The highest BCUT2D eigenvalue weighted by molar-refractivity contribution is 9.10. The van der Waals surface area contributed by atoms with Crippen LogP contribution in [0.2, 0.25) is 0 Å². The van der Waals surface area contributed by atoms with Crippen molar-refractivity contribution in [3.63, 3.8) is 0 Å². The molecular formula is C30H26Br2N2O5S. The number of fused-ring (bicyclic) bond motifs is 1. The fourth-order valence-corrected chi connectivity index (χ4v) is 6.69. The first-order valence-electron chi connectivity index (χ1n) is 12.5. The van der Waals surface area contributed by atoms with Crippen LogP contribution < -0.4 is 19.6 Å². The average Bonchev–Trinajstić information content (AvgIpc) is 3.47. The van der Waals surface area contributed by atoms with Crippen LogP contribution in [-0.4, -0.2) is 23.8 Å². The van der Waals surface area contributed by atoms with E-state index in [-0.39, 0.29) is 17.2 Å². The topological polar surface area (TPSA) is 83.0 Å². The summed E-state index contributed by atoms with van der Waals surface area (Å²) in [5.74, 6) is 1.21. The van der Waals surface area contributed by atoms with Crippen LogP contribution in [0.4, 0.5) is 0 Å². The van der Waals surface area contributed by atoms with E-state index in [1.165, 1.54) is 15.9 Å². The quantitative estimate of drug-likeness (QED) is 0.223. The van der Waals surface area contributed by atoms with E-state index in [1.54, 1.807) is 40.0 Å². The van der Waals surface area contributed by atoms with E-state index in [0.717, 1.165) is 20.1 Å². The fraction of sp³-hybridized carbons (Fsp3) is 0.233. The summed E-state index contributed by atoms with van der Waals surface area (Å²) in [4.78, 5) is 32.4. The second-order valence-corrected chi connectivity index (χ2v) is 12.4. The number of allylic oxidation sites excluding steroid dienone is 1. The Labute approximate surface area is 251 Å². The highest BCUT2D eigenvalue weighted by Gasteiger charge is 2.35. The Morgan fingerprint density at radius 2 is 1.90 bits per heavy atom. The molecular weight excluding hydrogens is 660 g/mol. The molecule has 206 valence electrons. The normalized spacial score (nSPS) is 15.3. The maximum Gasteiger partial charge on any atom is 0.338 e. The highest BCUT2D eigenvalue weighted by Crippen LogP contribution is 2.37. The number of ether oxygens (including phenoxy) is 2. The van der Waals surface area contributed by atoms with Crippen LogP contribution >= 0.6 is 43.2 Å². The van der Waals surface area contributed by atoms with Gasteiger partial charge in [-0.3, -0.25) is 9.36 Å². The standard InChI is InChI=1S/C30H26Br2N2O5S/c1-15(2)38-29(36)26-17(4)33-30-34(27(26)21-13-18(31)7-10-23(21)37-5)28(35)25(40-30)14-19-8-11-24(39-19)20-9-6-16(3)12-22(20)32/h6-15,27H,1-5H3/b25-14-/t27-/m1/s1. The summed E-state index contributed by atoms with van der Waals surface area (Å²) in [7, 11) is 1.56. The summed E-state index contributed by atoms with van der Waals surface area (Å²) in [5.41, 5.74) is 3.15. The summed E-state index contributed by atoms with van der Waals surface area (Å²) < 4.78 is 21.0. The lowest BCUT2D eigenvalue weighted by Gasteiger charge is -2.26. The van der Waals surface area contributed by atoms with Crippen LogP contribution in [0.15, 0.2) is 83.0 Å². The number of carbonyl (C=O) groups excluding carboxylic acids is 1. The molecule has 0 amide bonds. The highest BCUT2D eigenvalue weighted by atomic mass is 79.9. The molecule has 3 heterocycles. The summed E-state index contributed by atoms with van der Waals surface area (Å²) in [6.07, 6.45) is 1.36. The van der Waals surface area contributed by atoms with Crippen LogP contribution in [-0.2, 0) is 9.53 Å². The first kappa shape index (κ1) is 28.3. The third kappa shape index (κ3) is 5.40. The van der Waals surface area contributed by atoms with Gasteiger partial charge in [0.2, 0.25) is 0 Å². The van der Waals surface area contributed by atoms with Gasteiger partial charge in [0.25, 0.3) is 5.56 Å². The molecule has 0 fully saturated rings. The average molecular weight is 686 g/mol. The lowest BCUT2D eigenvalue weighted by atomic mass is 9.95. The Morgan fingerprint density at radius 3 is 2.60 bits per heavy atom. The van der Waals surface area contributed by atoms with E-state index in [2.05, 4.69) is 36.9 Å².